The minimum Gasteiger partial charge on any atom is -0.381 e. The van der Waals surface area contributed by atoms with E-state index in [1.165, 1.54) is 50.3 Å². The van der Waals surface area contributed by atoms with Crippen molar-refractivity contribution in [3.8, 4) is 0 Å². The Morgan fingerprint density at radius 2 is 1.86 bits per heavy atom. The van der Waals surface area contributed by atoms with E-state index >= 15 is 0 Å². The summed E-state index contributed by atoms with van der Waals surface area (Å²) in [5.41, 5.74) is 0. The van der Waals surface area contributed by atoms with Crippen LogP contribution < -0.4 is 0 Å². The maximum Gasteiger partial charge on any atom is 0.107 e. The number of rotatable bonds is 4. The second-order valence-electron chi connectivity index (χ2n) is 6.66. The molecule has 3 saturated heterocycles. The lowest BCUT2D eigenvalue weighted by Gasteiger charge is -2.30. The molecular weight excluding hydrogens is 282 g/mol. The predicted octanol–water partition coefficient (Wildman–Crippen LogP) is 2.22. The lowest BCUT2D eigenvalue weighted by molar-refractivity contribution is 0.0504. The van der Waals surface area contributed by atoms with Gasteiger partial charge in [0.1, 0.15) is 5.01 Å². The van der Waals surface area contributed by atoms with Gasteiger partial charge in [0.25, 0.3) is 0 Å². The van der Waals surface area contributed by atoms with Gasteiger partial charge in [-0.1, -0.05) is 0 Å². The molecule has 0 unspecified atom stereocenters. The minimum absolute atomic E-state index is 0.772. The van der Waals surface area contributed by atoms with Gasteiger partial charge in [-0.3, -0.25) is 9.80 Å². The largest absolute Gasteiger partial charge is 0.381 e. The molecule has 2 atom stereocenters. The standard InChI is InChI=1S/C16H25N3OS/c1-6-18(11-13-3-8-20-9-4-13)14-2-7-19(15(1)14)12-16-17-5-10-21-16/h5,10,13-15H,1-4,6-9,11-12H2/t14-,15+/m0/s1. The minimum atomic E-state index is 0.772. The molecule has 0 spiro atoms. The van der Waals surface area contributed by atoms with Crippen LogP contribution in [-0.2, 0) is 11.3 Å². The summed E-state index contributed by atoms with van der Waals surface area (Å²) in [6.45, 7) is 6.85. The van der Waals surface area contributed by atoms with Crippen molar-refractivity contribution < 1.29 is 4.74 Å². The summed E-state index contributed by atoms with van der Waals surface area (Å²) in [7, 11) is 0. The molecular formula is C16H25N3OS. The highest BCUT2D eigenvalue weighted by molar-refractivity contribution is 7.09. The van der Waals surface area contributed by atoms with Gasteiger partial charge >= 0.3 is 0 Å². The van der Waals surface area contributed by atoms with Crippen molar-refractivity contribution in [2.75, 3.05) is 32.8 Å². The Kier molecular flexibility index (Phi) is 4.25. The number of fused-ring (bicyclic) bond motifs is 1. The molecule has 0 aliphatic carbocycles. The Morgan fingerprint density at radius 1 is 1.10 bits per heavy atom. The molecule has 116 valence electrons. The fourth-order valence-electron chi connectivity index (χ4n) is 4.35. The van der Waals surface area contributed by atoms with Crippen LogP contribution in [0.4, 0.5) is 0 Å². The number of likely N-dealkylation sites (tertiary alicyclic amines) is 2. The first-order chi connectivity index (χ1) is 10.4. The Hall–Kier alpha value is -0.490. The Labute approximate surface area is 131 Å². The summed E-state index contributed by atoms with van der Waals surface area (Å²) in [4.78, 5) is 9.91. The van der Waals surface area contributed by atoms with Gasteiger partial charge in [0.2, 0.25) is 0 Å². The van der Waals surface area contributed by atoms with Crippen LogP contribution >= 0.6 is 11.3 Å². The van der Waals surface area contributed by atoms with E-state index in [1.54, 1.807) is 11.3 Å². The first-order valence-corrected chi connectivity index (χ1v) is 9.22. The van der Waals surface area contributed by atoms with E-state index in [4.69, 9.17) is 4.74 Å². The fraction of sp³-hybridized carbons (Fsp3) is 0.812. The van der Waals surface area contributed by atoms with Crippen LogP contribution in [0.15, 0.2) is 11.6 Å². The van der Waals surface area contributed by atoms with Crippen molar-refractivity contribution >= 4 is 11.3 Å². The second-order valence-corrected chi connectivity index (χ2v) is 7.64. The summed E-state index contributed by atoms with van der Waals surface area (Å²) in [5.74, 6) is 0.866. The summed E-state index contributed by atoms with van der Waals surface area (Å²) in [6, 6.07) is 1.57. The summed E-state index contributed by atoms with van der Waals surface area (Å²) in [5, 5.41) is 3.37. The molecule has 3 fully saturated rings. The number of thiazole rings is 1. The highest BCUT2D eigenvalue weighted by atomic mass is 32.1. The normalized spacial score (nSPS) is 31.8. The third kappa shape index (κ3) is 3.02. The third-order valence-electron chi connectivity index (χ3n) is 5.46. The molecule has 0 amide bonds. The number of ether oxygens (including phenoxy) is 1. The maximum atomic E-state index is 5.49. The van der Waals surface area contributed by atoms with E-state index in [1.807, 2.05) is 6.20 Å². The zero-order valence-corrected chi connectivity index (χ0v) is 13.4. The van der Waals surface area contributed by atoms with Crippen molar-refractivity contribution in [2.45, 2.75) is 44.3 Å². The highest BCUT2D eigenvalue weighted by Crippen LogP contribution is 2.34. The van der Waals surface area contributed by atoms with Crippen molar-refractivity contribution in [3.05, 3.63) is 16.6 Å². The van der Waals surface area contributed by atoms with Crippen molar-refractivity contribution in [3.63, 3.8) is 0 Å². The Balaban J connectivity index is 1.34. The number of hydrogen-bond donors (Lipinski definition) is 0. The van der Waals surface area contributed by atoms with Gasteiger partial charge in [-0.2, -0.15) is 0 Å². The van der Waals surface area contributed by atoms with Crippen LogP contribution in [0.5, 0.6) is 0 Å². The molecule has 4 heterocycles. The lowest BCUT2D eigenvalue weighted by Crippen LogP contribution is -2.39. The molecule has 3 aliphatic heterocycles. The van der Waals surface area contributed by atoms with Crippen molar-refractivity contribution in [1.82, 2.24) is 14.8 Å². The van der Waals surface area contributed by atoms with Gasteiger partial charge < -0.3 is 4.74 Å². The smallest absolute Gasteiger partial charge is 0.107 e. The van der Waals surface area contributed by atoms with Crippen molar-refractivity contribution in [2.24, 2.45) is 5.92 Å². The second kappa shape index (κ2) is 6.32. The zero-order valence-electron chi connectivity index (χ0n) is 12.6. The van der Waals surface area contributed by atoms with Crippen molar-refractivity contribution in [1.29, 1.82) is 0 Å². The third-order valence-corrected chi connectivity index (χ3v) is 6.23. The monoisotopic (exact) mass is 307 g/mol. The predicted molar refractivity (Wildman–Crippen MR) is 84.5 cm³/mol. The van der Waals surface area contributed by atoms with Gasteiger partial charge in [-0.25, -0.2) is 4.98 Å². The molecule has 0 saturated carbocycles. The van der Waals surface area contributed by atoms with Crippen LogP contribution in [0.25, 0.3) is 0 Å². The molecule has 5 heteroatoms. The quantitative estimate of drug-likeness (QED) is 0.853. The average Bonchev–Trinajstić information content (AvgIpc) is 3.21. The molecule has 4 rings (SSSR count). The highest BCUT2D eigenvalue weighted by Gasteiger charge is 2.42. The Morgan fingerprint density at radius 3 is 2.62 bits per heavy atom. The average molecular weight is 307 g/mol. The SMILES string of the molecule is c1csc(CN2CC[C@H]3[C@H]2CCN3CC2CCOCC2)n1. The van der Waals surface area contributed by atoms with E-state index in [2.05, 4.69) is 20.2 Å². The Bertz CT molecular complexity index is 446. The molecule has 21 heavy (non-hydrogen) atoms. The van der Waals surface area contributed by atoms with E-state index in [0.717, 1.165) is 37.8 Å². The van der Waals surface area contributed by atoms with E-state index in [9.17, 15) is 0 Å². The summed E-state index contributed by atoms with van der Waals surface area (Å²) in [6.07, 6.45) is 7.14. The molecule has 3 aliphatic rings. The van der Waals surface area contributed by atoms with Crippen LogP contribution in [0, 0.1) is 5.92 Å². The van der Waals surface area contributed by atoms with Gasteiger partial charge in [0, 0.05) is 56.5 Å². The topological polar surface area (TPSA) is 28.6 Å². The number of aromatic nitrogens is 1. The van der Waals surface area contributed by atoms with Crippen LogP contribution in [-0.4, -0.2) is 59.7 Å². The van der Waals surface area contributed by atoms with Gasteiger partial charge in [-0.05, 0) is 31.6 Å². The van der Waals surface area contributed by atoms with E-state index in [-0.39, 0.29) is 0 Å². The lowest BCUT2D eigenvalue weighted by atomic mass is 9.99. The number of hydrogen-bond acceptors (Lipinski definition) is 5. The molecule has 0 radical (unpaired) electrons. The molecule has 1 aromatic rings. The summed E-state index contributed by atoms with van der Waals surface area (Å²) < 4.78 is 5.49. The molecule has 0 aromatic carbocycles. The molecule has 0 bridgehead atoms. The maximum absolute atomic E-state index is 5.49. The molecule has 0 N–H and O–H groups in total. The molecule has 1 aromatic heterocycles. The van der Waals surface area contributed by atoms with Crippen LogP contribution in [0.1, 0.15) is 30.7 Å². The molecule has 4 nitrogen and oxygen atoms in total. The van der Waals surface area contributed by atoms with Gasteiger partial charge in [0.15, 0.2) is 0 Å². The number of nitrogens with zero attached hydrogens (tertiary/aromatic N) is 3. The first-order valence-electron chi connectivity index (χ1n) is 8.34. The van der Waals surface area contributed by atoms with E-state index in [0.29, 0.717) is 0 Å². The fourth-order valence-corrected chi connectivity index (χ4v) is 4.99. The van der Waals surface area contributed by atoms with E-state index < -0.39 is 0 Å². The van der Waals surface area contributed by atoms with Gasteiger partial charge in [-0.15, -0.1) is 11.3 Å². The van der Waals surface area contributed by atoms with Crippen LogP contribution in [0.2, 0.25) is 0 Å². The van der Waals surface area contributed by atoms with Gasteiger partial charge in [0.05, 0.1) is 6.54 Å². The zero-order chi connectivity index (χ0) is 14.1. The first kappa shape index (κ1) is 14.1. The summed E-state index contributed by atoms with van der Waals surface area (Å²) >= 11 is 1.79. The van der Waals surface area contributed by atoms with Crippen LogP contribution in [0.3, 0.4) is 0 Å².